The molecule has 0 bridgehead atoms. The monoisotopic (exact) mass is 470 g/mol. The molecule has 0 heterocycles. The van der Waals surface area contributed by atoms with Gasteiger partial charge in [0.05, 0.1) is 13.7 Å². The SMILES string of the molecule is COc1cc(C(=O)NCC(=O)NCc2ccccc2OCc2ccccc2)ccc1OC(F)F. The van der Waals surface area contributed by atoms with Gasteiger partial charge in [0.1, 0.15) is 12.4 Å². The van der Waals surface area contributed by atoms with E-state index in [0.717, 1.165) is 11.1 Å². The second-order valence-electron chi connectivity index (χ2n) is 7.09. The van der Waals surface area contributed by atoms with Crippen molar-refractivity contribution >= 4 is 11.8 Å². The smallest absolute Gasteiger partial charge is 0.387 e. The first-order valence-electron chi connectivity index (χ1n) is 10.4. The van der Waals surface area contributed by atoms with Gasteiger partial charge in [0.15, 0.2) is 11.5 Å². The van der Waals surface area contributed by atoms with Crippen LogP contribution < -0.4 is 24.8 Å². The van der Waals surface area contributed by atoms with Crippen molar-refractivity contribution in [1.82, 2.24) is 10.6 Å². The summed E-state index contributed by atoms with van der Waals surface area (Å²) < 4.78 is 40.1. The van der Waals surface area contributed by atoms with Crippen LogP contribution in [0.25, 0.3) is 0 Å². The summed E-state index contributed by atoms with van der Waals surface area (Å²) in [5.41, 5.74) is 1.94. The first-order chi connectivity index (χ1) is 16.5. The van der Waals surface area contributed by atoms with Crippen molar-refractivity contribution in [2.75, 3.05) is 13.7 Å². The van der Waals surface area contributed by atoms with E-state index >= 15 is 0 Å². The fourth-order valence-electron chi connectivity index (χ4n) is 3.05. The molecule has 2 amide bonds. The molecule has 7 nitrogen and oxygen atoms in total. The minimum atomic E-state index is -3.02. The Morgan fingerprint density at radius 2 is 1.62 bits per heavy atom. The van der Waals surface area contributed by atoms with Gasteiger partial charge in [0.25, 0.3) is 5.91 Å². The van der Waals surface area contributed by atoms with Gasteiger partial charge in [-0.25, -0.2) is 0 Å². The number of para-hydroxylation sites is 1. The molecule has 3 aromatic carbocycles. The lowest BCUT2D eigenvalue weighted by Crippen LogP contribution is -2.36. The summed E-state index contributed by atoms with van der Waals surface area (Å²) in [6, 6.07) is 20.8. The lowest BCUT2D eigenvalue weighted by Gasteiger charge is -2.13. The van der Waals surface area contributed by atoms with E-state index in [1.807, 2.05) is 54.6 Å². The van der Waals surface area contributed by atoms with E-state index in [9.17, 15) is 18.4 Å². The molecule has 34 heavy (non-hydrogen) atoms. The number of hydrogen-bond acceptors (Lipinski definition) is 5. The number of halogens is 2. The van der Waals surface area contributed by atoms with E-state index < -0.39 is 18.4 Å². The number of ether oxygens (including phenoxy) is 3. The second-order valence-corrected chi connectivity index (χ2v) is 7.09. The number of rotatable bonds is 11. The highest BCUT2D eigenvalue weighted by Gasteiger charge is 2.15. The Labute approximate surface area is 195 Å². The van der Waals surface area contributed by atoms with E-state index in [4.69, 9.17) is 9.47 Å². The Morgan fingerprint density at radius 3 is 2.35 bits per heavy atom. The summed E-state index contributed by atoms with van der Waals surface area (Å²) in [5.74, 6) is -0.544. The summed E-state index contributed by atoms with van der Waals surface area (Å²) in [5, 5.41) is 5.22. The minimum Gasteiger partial charge on any atom is -0.493 e. The Morgan fingerprint density at radius 1 is 0.882 bits per heavy atom. The van der Waals surface area contributed by atoms with Crippen LogP contribution in [-0.2, 0) is 17.9 Å². The Hall–Kier alpha value is -4.14. The van der Waals surface area contributed by atoms with Crippen LogP contribution >= 0.6 is 0 Å². The molecule has 0 fully saturated rings. The van der Waals surface area contributed by atoms with E-state index in [1.54, 1.807) is 0 Å². The number of hydrogen-bond donors (Lipinski definition) is 2. The summed E-state index contributed by atoms with van der Waals surface area (Å²) in [4.78, 5) is 24.6. The molecular weight excluding hydrogens is 446 g/mol. The van der Waals surface area contributed by atoms with Gasteiger partial charge in [-0.2, -0.15) is 8.78 Å². The predicted molar refractivity (Wildman–Crippen MR) is 121 cm³/mol. The van der Waals surface area contributed by atoms with Crippen molar-refractivity contribution in [3.05, 3.63) is 89.5 Å². The number of methoxy groups -OCH3 is 1. The zero-order valence-corrected chi connectivity index (χ0v) is 18.4. The van der Waals surface area contributed by atoms with Gasteiger partial charge >= 0.3 is 6.61 Å². The third-order valence-corrected chi connectivity index (χ3v) is 4.74. The van der Waals surface area contributed by atoms with Crippen LogP contribution in [0.3, 0.4) is 0 Å². The molecule has 3 rings (SSSR count). The molecule has 0 atom stereocenters. The molecule has 0 unspecified atom stereocenters. The van der Waals surface area contributed by atoms with Crippen LogP contribution in [0.5, 0.6) is 17.2 Å². The maximum Gasteiger partial charge on any atom is 0.387 e. The van der Waals surface area contributed by atoms with Gasteiger partial charge in [-0.05, 0) is 29.8 Å². The van der Waals surface area contributed by atoms with Gasteiger partial charge in [-0.15, -0.1) is 0 Å². The average molecular weight is 470 g/mol. The van der Waals surface area contributed by atoms with E-state index in [2.05, 4.69) is 15.4 Å². The molecule has 0 aromatic heterocycles. The maximum absolute atomic E-state index is 12.4. The molecule has 0 aliphatic carbocycles. The van der Waals surface area contributed by atoms with Crippen molar-refractivity contribution in [2.45, 2.75) is 19.8 Å². The molecule has 0 aliphatic heterocycles. The number of amides is 2. The lowest BCUT2D eigenvalue weighted by molar-refractivity contribution is -0.120. The van der Waals surface area contributed by atoms with Gasteiger partial charge in [-0.3, -0.25) is 9.59 Å². The quantitative estimate of drug-likeness (QED) is 0.444. The van der Waals surface area contributed by atoms with E-state index in [1.165, 1.54) is 25.3 Å². The van der Waals surface area contributed by atoms with Crippen molar-refractivity contribution in [3.63, 3.8) is 0 Å². The molecule has 178 valence electrons. The predicted octanol–water partition coefficient (Wildman–Crippen LogP) is 3.92. The summed E-state index contributed by atoms with van der Waals surface area (Å²) >= 11 is 0. The number of carbonyl (C=O) groups excluding carboxylic acids is 2. The van der Waals surface area contributed by atoms with E-state index in [0.29, 0.717) is 12.4 Å². The van der Waals surface area contributed by atoms with Crippen molar-refractivity contribution in [3.8, 4) is 17.2 Å². The highest BCUT2D eigenvalue weighted by molar-refractivity contribution is 5.97. The second kappa shape index (κ2) is 12.2. The summed E-state index contributed by atoms with van der Waals surface area (Å²) in [7, 11) is 1.27. The van der Waals surface area contributed by atoms with Crippen molar-refractivity contribution in [2.24, 2.45) is 0 Å². The zero-order valence-electron chi connectivity index (χ0n) is 18.4. The van der Waals surface area contributed by atoms with Gasteiger partial charge in [0.2, 0.25) is 5.91 Å². The lowest BCUT2D eigenvalue weighted by atomic mass is 10.2. The summed E-state index contributed by atoms with van der Waals surface area (Å²) in [6.45, 7) is -2.69. The van der Waals surface area contributed by atoms with Crippen molar-refractivity contribution in [1.29, 1.82) is 0 Å². The molecule has 3 aromatic rings. The number of nitrogens with one attached hydrogen (secondary N) is 2. The van der Waals surface area contributed by atoms with Crippen LogP contribution in [0.15, 0.2) is 72.8 Å². The first kappa shape index (κ1) is 24.5. The normalized spacial score (nSPS) is 10.5. The highest BCUT2D eigenvalue weighted by atomic mass is 19.3. The Bertz CT molecular complexity index is 1110. The molecule has 0 saturated heterocycles. The Balaban J connectivity index is 1.50. The molecule has 0 spiro atoms. The Kier molecular flexibility index (Phi) is 8.79. The highest BCUT2D eigenvalue weighted by Crippen LogP contribution is 2.29. The fourth-order valence-corrected chi connectivity index (χ4v) is 3.05. The van der Waals surface area contributed by atoms with Crippen LogP contribution in [0, 0.1) is 0 Å². The molecular formula is C25H24F2N2O5. The third kappa shape index (κ3) is 7.19. The third-order valence-electron chi connectivity index (χ3n) is 4.74. The zero-order chi connectivity index (χ0) is 24.3. The number of benzene rings is 3. The van der Waals surface area contributed by atoms with Gasteiger partial charge < -0.3 is 24.8 Å². The maximum atomic E-state index is 12.4. The van der Waals surface area contributed by atoms with Crippen molar-refractivity contribution < 1.29 is 32.6 Å². The van der Waals surface area contributed by atoms with Gasteiger partial charge in [-0.1, -0.05) is 48.5 Å². The standard InChI is InChI=1S/C25H24F2N2O5/c1-32-22-13-18(11-12-21(22)34-25(26)27)24(31)29-15-23(30)28-14-19-9-5-6-10-20(19)33-16-17-7-3-2-4-8-17/h2-13,25H,14-16H2,1H3,(H,28,30)(H,29,31). The molecule has 9 heteroatoms. The first-order valence-corrected chi connectivity index (χ1v) is 10.4. The largest absolute Gasteiger partial charge is 0.493 e. The van der Waals surface area contributed by atoms with Crippen LogP contribution in [0.2, 0.25) is 0 Å². The van der Waals surface area contributed by atoms with Crippen LogP contribution in [-0.4, -0.2) is 32.1 Å². The van der Waals surface area contributed by atoms with Crippen LogP contribution in [0.1, 0.15) is 21.5 Å². The summed E-state index contributed by atoms with van der Waals surface area (Å²) in [6.07, 6.45) is 0. The van der Waals surface area contributed by atoms with Crippen LogP contribution in [0.4, 0.5) is 8.78 Å². The number of alkyl halides is 2. The molecule has 0 aliphatic rings. The van der Waals surface area contributed by atoms with E-state index in [-0.39, 0.29) is 30.2 Å². The molecule has 2 N–H and O–H groups in total. The minimum absolute atomic E-state index is 0.0236. The topological polar surface area (TPSA) is 85.9 Å². The number of carbonyl (C=O) groups is 2. The molecule has 0 saturated carbocycles. The van der Waals surface area contributed by atoms with Gasteiger partial charge in [0, 0.05) is 17.7 Å². The molecule has 0 radical (unpaired) electrons. The fraction of sp³-hybridized carbons (Fsp3) is 0.200. The average Bonchev–Trinajstić information content (AvgIpc) is 2.85.